The van der Waals surface area contributed by atoms with Crippen molar-refractivity contribution < 1.29 is 9.18 Å². The zero-order valence-corrected chi connectivity index (χ0v) is 20.7. The molecule has 6 rings (SSSR count). The lowest BCUT2D eigenvalue weighted by atomic mass is 10.0. The molecular weight excluding hydrogens is 469 g/mol. The first kappa shape index (κ1) is 23.5. The van der Waals surface area contributed by atoms with E-state index in [4.69, 9.17) is 0 Å². The number of nitrogens with one attached hydrogen (secondary N) is 2. The van der Waals surface area contributed by atoms with Crippen LogP contribution in [0, 0.1) is 5.82 Å². The highest BCUT2D eigenvalue weighted by Crippen LogP contribution is 2.28. The van der Waals surface area contributed by atoms with Gasteiger partial charge in [0.1, 0.15) is 0 Å². The van der Waals surface area contributed by atoms with E-state index in [2.05, 4.69) is 36.4 Å². The third-order valence-corrected chi connectivity index (χ3v) is 7.25. The van der Waals surface area contributed by atoms with E-state index in [0.29, 0.717) is 16.9 Å². The molecule has 0 radical (unpaired) electrons. The summed E-state index contributed by atoms with van der Waals surface area (Å²) in [7, 11) is 0. The maximum atomic E-state index is 14.7. The molecule has 9 heteroatoms. The number of piperidine rings is 1. The number of likely N-dealkylation sites (tertiary alicyclic amines) is 1. The Bertz CT molecular complexity index is 1420. The molecule has 8 nitrogen and oxygen atoms in total. The fraction of sp³-hybridized carbons (Fsp3) is 0.357. The van der Waals surface area contributed by atoms with Crippen LogP contribution in [0.3, 0.4) is 0 Å². The van der Waals surface area contributed by atoms with Crippen LogP contribution >= 0.6 is 0 Å². The number of aromatic amines is 1. The Morgan fingerprint density at radius 2 is 1.76 bits per heavy atom. The molecule has 0 saturated carbocycles. The molecule has 2 fully saturated rings. The number of rotatable bonds is 6. The van der Waals surface area contributed by atoms with E-state index in [9.17, 15) is 9.18 Å². The predicted molar refractivity (Wildman–Crippen MR) is 142 cm³/mol. The molecule has 190 valence electrons. The minimum atomic E-state index is -0.439. The molecule has 2 aliphatic heterocycles. The zero-order valence-electron chi connectivity index (χ0n) is 20.7. The Morgan fingerprint density at radius 1 is 0.946 bits per heavy atom. The van der Waals surface area contributed by atoms with Gasteiger partial charge >= 0.3 is 0 Å². The highest BCUT2D eigenvalue weighted by molar-refractivity contribution is 6.11. The third kappa shape index (κ3) is 5.04. The molecule has 0 bridgehead atoms. The van der Waals surface area contributed by atoms with Crippen LogP contribution in [0.15, 0.2) is 48.9 Å². The summed E-state index contributed by atoms with van der Waals surface area (Å²) in [5.74, 6) is -0.525. The van der Waals surface area contributed by atoms with Crippen LogP contribution in [0.1, 0.15) is 48.2 Å². The van der Waals surface area contributed by atoms with Gasteiger partial charge in [-0.1, -0.05) is 12.5 Å². The smallest absolute Gasteiger partial charge is 0.276 e. The number of nitrogens with zero attached hydrogens (tertiary/aromatic N) is 5. The largest absolute Gasteiger partial charge is 0.354 e. The average molecular weight is 500 g/mol. The Morgan fingerprint density at radius 3 is 2.57 bits per heavy atom. The summed E-state index contributed by atoms with van der Waals surface area (Å²) in [6.45, 7) is 4.75. The quantitative estimate of drug-likeness (QED) is 0.388. The number of H-pyrrole nitrogens is 1. The number of halogens is 1. The highest BCUT2D eigenvalue weighted by atomic mass is 19.1. The molecule has 2 N–H and O–H groups in total. The third-order valence-electron chi connectivity index (χ3n) is 7.25. The zero-order chi connectivity index (χ0) is 25.2. The minimum Gasteiger partial charge on any atom is -0.354 e. The minimum absolute atomic E-state index is 0.248. The number of fused-ring (bicyclic) bond motifs is 1. The first-order valence-corrected chi connectivity index (χ1v) is 13.0. The number of carbonyl (C=O) groups excluding carboxylic acids is 1. The fourth-order valence-corrected chi connectivity index (χ4v) is 5.33. The molecule has 0 unspecified atom stereocenters. The second kappa shape index (κ2) is 10.3. The standard InChI is InChI=1S/C28H30FN7O/c29-24-14-22(17-31-27(24)36-10-4-5-11-36)32-28(37)26-23-13-20(6-7-25(23)33-34-26)21-12-19(15-30-16-21)18-35-8-2-1-3-9-35/h6-7,12-17H,1-5,8-11,18H2,(H,32,37)(H,33,34). The van der Waals surface area contributed by atoms with Gasteiger partial charge < -0.3 is 10.2 Å². The number of aromatic nitrogens is 4. The highest BCUT2D eigenvalue weighted by Gasteiger charge is 2.20. The van der Waals surface area contributed by atoms with Crippen LogP contribution in [0.25, 0.3) is 22.0 Å². The Labute approximate surface area is 214 Å². The van der Waals surface area contributed by atoms with E-state index in [1.807, 2.05) is 35.5 Å². The van der Waals surface area contributed by atoms with Crippen molar-refractivity contribution in [2.45, 2.75) is 38.6 Å². The van der Waals surface area contributed by atoms with Crippen molar-refractivity contribution in [1.82, 2.24) is 25.1 Å². The molecule has 0 spiro atoms. The molecular formula is C28H30FN7O. The fourth-order valence-electron chi connectivity index (χ4n) is 5.33. The van der Waals surface area contributed by atoms with Gasteiger partial charge in [-0.2, -0.15) is 5.10 Å². The number of pyridine rings is 2. The van der Waals surface area contributed by atoms with E-state index in [1.165, 1.54) is 37.1 Å². The maximum Gasteiger partial charge on any atom is 0.276 e. The summed E-state index contributed by atoms with van der Waals surface area (Å²) >= 11 is 0. The molecule has 5 heterocycles. The van der Waals surface area contributed by atoms with Crippen molar-refractivity contribution in [3.05, 3.63) is 66.0 Å². The monoisotopic (exact) mass is 499 g/mol. The van der Waals surface area contributed by atoms with Gasteiger partial charge in [0.05, 0.1) is 17.4 Å². The molecule has 1 amide bonds. The number of benzene rings is 1. The maximum absolute atomic E-state index is 14.7. The van der Waals surface area contributed by atoms with E-state index in [-0.39, 0.29) is 5.69 Å². The second-order valence-corrected chi connectivity index (χ2v) is 9.93. The van der Waals surface area contributed by atoms with Gasteiger partial charge in [0, 0.05) is 49.0 Å². The summed E-state index contributed by atoms with van der Waals surface area (Å²) < 4.78 is 14.7. The normalized spacial score (nSPS) is 16.4. The van der Waals surface area contributed by atoms with E-state index in [0.717, 1.165) is 62.2 Å². The van der Waals surface area contributed by atoms with E-state index >= 15 is 0 Å². The summed E-state index contributed by atoms with van der Waals surface area (Å²) in [6.07, 6.45) is 11.1. The first-order chi connectivity index (χ1) is 18.1. The van der Waals surface area contributed by atoms with Crippen molar-refractivity contribution >= 4 is 28.3 Å². The van der Waals surface area contributed by atoms with Gasteiger partial charge in [-0.15, -0.1) is 0 Å². The summed E-state index contributed by atoms with van der Waals surface area (Å²) in [5.41, 5.74) is 4.42. The second-order valence-electron chi connectivity index (χ2n) is 9.93. The Balaban J connectivity index is 1.22. The molecule has 4 aromatic rings. The van der Waals surface area contributed by atoms with Crippen LogP contribution < -0.4 is 10.2 Å². The number of amides is 1. The van der Waals surface area contributed by atoms with Crippen molar-refractivity contribution in [2.24, 2.45) is 0 Å². The lowest BCUT2D eigenvalue weighted by Crippen LogP contribution is -2.29. The predicted octanol–water partition coefficient (Wildman–Crippen LogP) is 5.00. The number of carbonyl (C=O) groups is 1. The van der Waals surface area contributed by atoms with Gasteiger partial charge in [-0.25, -0.2) is 9.37 Å². The van der Waals surface area contributed by atoms with Crippen molar-refractivity contribution in [3.63, 3.8) is 0 Å². The summed E-state index contributed by atoms with van der Waals surface area (Å²) in [6, 6.07) is 9.35. The molecule has 37 heavy (non-hydrogen) atoms. The lowest BCUT2D eigenvalue weighted by Gasteiger charge is -2.26. The van der Waals surface area contributed by atoms with Gasteiger partial charge in [-0.3, -0.25) is 19.8 Å². The van der Waals surface area contributed by atoms with Crippen LogP contribution in [0.5, 0.6) is 0 Å². The van der Waals surface area contributed by atoms with Crippen LogP contribution in [-0.2, 0) is 6.54 Å². The number of hydrogen-bond acceptors (Lipinski definition) is 6. The average Bonchev–Trinajstić information content (AvgIpc) is 3.60. The Kier molecular flexibility index (Phi) is 6.53. The number of anilines is 2. The van der Waals surface area contributed by atoms with Gasteiger partial charge in [-0.05, 0) is 68.1 Å². The van der Waals surface area contributed by atoms with Crippen LogP contribution in [0.2, 0.25) is 0 Å². The molecule has 0 atom stereocenters. The number of hydrogen-bond donors (Lipinski definition) is 2. The lowest BCUT2D eigenvalue weighted by molar-refractivity contribution is 0.102. The van der Waals surface area contributed by atoms with E-state index < -0.39 is 11.7 Å². The van der Waals surface area contributed by atoms with E-state index in [1.54, 1.807) is 0 Å². The Hall–Kier alpha value is -3.85. The van der Waals surface area contributed by atoms with Crippen LogP contribution in [0.4, 0.5) is 15.9 Å². The molecule has 1 aromatic carbocycles. The van der Waals surface area contributed by atoms with Crippen molar-refractivity contribution in [2.75, 3.05) is 36.4 Å². The summed E-state index contributed by atoms with van der Waals surface area (Å²) in [5, 5.41) is 10.6. The van der Waals surface area contributed by atoms with Gasteiger partial charge in [0.25, 0.3) is 5.91 Å². The SMILES string of the molecule is O=C(Nc1cnc(N2CCCC2)c(F)c1)c1n[nH]c2ccc(-c3cncc(CN4CCCCC4)c3)cc12. The molecule has 3 aromatic heterocycles. The molecule has 0 aliphatic carbocycles. The topological polar surface area (TPSA) is 90.0 Å². The first-order valence-electron chi connectivity index (χ1n) is 13.0. The van der Waals surface area contributed by atoms with Crippen LogP contribution in [-0.4, -0.2) is 57.2 Å². The van der Waals surface area contributed by atoms with Gasteiger partial charge in [0.15, 0.2) is 17.3 Å². The molecule has 2 aliphatic rings. The summed E-state index contributed by atoms with van der Waals surface area (Å²) in [4.78, 5) is 26.2. The van der Waals surface area contributed by atoms with Crippen molar-refractivity contribution in [3.8, 4) is 11.1 Å². The van der Waals surface area contributed by atoms with Gasteiger partial charge in [0.2, 0.25) is 0 Å². The van der Waals surface area contributed by atoms with Crippen molar-refractivity contribution in [1.29, 1.82) is 0 Å². The molecule has 2 saturated heterocycles.